The van der Waals surface area contributed by atoms with E-state index in [4.69, 9.17) is 10.5 Å². The molecule has 5 rings (SSSR count). The zero-order valence-corrected chi connectivity index (χ0v) is 18.8. The first kappa shape index (κ1) is 21.5. The molecule has 1 aliphatic rings. The molecule has 5 nitrogen and oxygen atoms in total. The molecule has 160 valence electrons. The number of pyridine rings is 1. The molecule has 0 radical (unpaired) electrons. The Bertz CT molecular complexity index is 1100. The first-order chi connectivity index (χ1) is 15.2. The standard InChI is InChI=1S/C19H21N3OS.C5H4OS/c20-19-18-6-5-15(11-14(18)7-8-21-19)23-16-3-1-9-22(12-16)13-17-4-2-10-24-17;6-4-5-2-1-3-7-5/h2,4-8,10-11,16H,1,3,9,12-13H2,(H2,20,21);1-4H. The average molecular weight is 452 g/mol. The van der Waals surface area contributed by atoms with Gasteiger partial charge >= 0.3 is 0 Å². The van der Waals surface area contributed by atoms with E-state index in [1.807, 2.05) is 41.0 Å². The molecule has 2 N–H and O–H groups in total. The van der Waals surface area contributed by atoms with Crippen molar-refractivity contribution in [3.8, 4) is 5.75 Å². The Morgan fingerprint density at radius 1 is 1.16 bits per heavy atom. The lowest BCUT2D eigenvalue weighted by Gasteiger charge is -2.32. The average Bonchev–Trinajstić information content (AvgIpc) is 3.49. The van der Waals surface area contributed by atoms with Crippen LogP contribution in [0.2, 0.25) is 0 Å². The molecule has 1 unspecified atom stereocenters. The fourth-order valence-electron chi connectivity index (χ4n) is 3.68. The third kappa shape index (κ3) is 5.91. The predicted octanol–water partition coefficient (Wildman–Crippen LogP) is 5.48. The molecule has 4 heterocycles. The van der Waals surface area contributed by atoms with Gasteiger partial charge in [-0.05, 0) is 71.9 Å². The number of nitrogen functional groups attached to an aromatic ring is 1. The number of piperidine rings is 1. The highest BCUT2D eigenvalue weighted by Crippen LogP contribution is 2.26. The minimum Gasteiger partial charge on any atom is -0.489 e. The third-order valence-corrected chi connectivity index (χ3v) is 6.81. The molecule has 31 heavy (non-hydrogen) atoms. The number of hydrogen-bond donors (Lipinski definition) is 1. The number of hydrogen-bond acceptors (Lipinski definition) is 7. The van der Waals surface area contributed by atoms with Crippen LogP contribution in [0, 0.1) is 0 Å². The number of rotatable bonds is 5. The maximum absolute atomic E-state index is 9.88. The van der Waals surface area contributed by atoms with Crippen molar-refractivity contribution in [3.63, 3.8) is 0 Å². The summed E-state index contributed by atoms with van der Waals surface area (Å²) in [5.74, 6) is 1.48. The number of carbonyl (C=O) groups excluding carboxylic acids is 1. The van der Waals surface area contributed by atoms with Gasteiger partial charge in [0, 0.05) is 29.5 Å². The van der Waals surface area contributed by atoms with E-state index in [1.165, 1.54) is 22.6 Å². The van der Waals surface area contributed by atoms with Gasteiger partial charge in [0.1, 0.15) is 17.7 Å². The Hall–Kier alpha value is -2.74. The summed E-state index contributed by atoms with van der Waals surface area (Å²) in [5, 5.41) is 6.08. The van der Waals surface area contributed by atoms with Gasteiger partial charge in [-0.2, -0.15) is 0 Å². The van der Waals surface area contributed by atoms with Crippen molar-refractivity contribution < 1.29 is 9.53 Å². The Labute approximate surface area is 190 Å². The van der Waals surface area contributed by atoms with Crippen LogP contribution in [0.5, 0.6) is 5.75 Å². The second kappa shape index (κ2) is 10.5. The van der Waals surface area contributed by atoms with Crippen molar-refractivity contribution in [2.75, 3.05) is 18.8 Å². The third-order valence-electron chi connectivity index (χ3n) is 5.15. The van der Waals surface area contributed by atoms with Crippen LogP contribution < -0.4 is 10.5 Å². The molecule has 1 saturated heterocycles. The van der Waals surface area contributed by atoms with Crippen molar-refractivity contribution in [1.29, 1.82) is 0 Å². The van der Waals surface area contributed by atoms with Gasteiger partial charge in [0.25, 0.3) is 0 Å². The van der Waals surface area contributed by atoms with E-state index < -0.39 is 0 Å². The largest absolute Gasteiger partial charge is 0.489 e. The lowest BCUT2D eigenvalue weighted by atomic mass is 10.1. The number of nitrogens with zero attached hydrogens (tertiary/aromatic N) is 2. The van der Waals surface area contributed by atoms with Crippen LogP contribution in [0.3, 0.4) is 0 Å². The Kier molecular flexibility index (Phi) is 7.30. The SMILES string of the molecule is Nc1nccc2cc(OC3CCCN(Cc4cccs4)C3)ccc12.O=Cc1cccs1. The van der Waals surface area contributed by atoms with Gasteiger partial charge in [-0.1, -0.05) is 12.1 Å². The molecule has 0 amide bonds. The maximum atomic E-state index is 9.88. The van der Waals surface area contributed by atoms with Crippen LogP contribution in [-0.2, 0) is 6.54 Å². The topological polar surface area (TPSA) is 68.5 Å². The first-order valence-corrected chi connectivity index (χ1v) is 12.0. The Balaban J connectivity index is 0.000000282. The second-order valence-electron chi connectivity index (χ2n) is 7.41. The van der Waals surface area contributed by atoms with E-state index in [1.54, 1.807) is 12.3 Å². The quantitative estimate of drug-likeness (QED) is 0.407. The predicted molar refractivity (Wildman–Crippen MR) is 129 cm³/mol. The molecule has 0 bridgehead atoms. The van der Waals surface area contributed by atoms with Gasteiger partial charge in [0.05, 0.1) is 4.88 Å². The van der Waals surface area contributed by atoms with Crippen molar-refractivity contribution in [2.45, 2.75) is 25.5 Å². The van der Waals surface area contributed by atoms with Gasteiger partial charge < -0.3 is 10.5 Å². The first-order valence-electron chi connectivity index (χ1n) is 10.3. The van der Waals surface area contributed by atoms with E-state index in [0.717, 1.165) is 53.7 Å². The monoisotopic (exact) mass is 451 g/mol. The van der Waals surface area contributed by atoms with Crippen LogP contribution in [0.4, 0.5) is 5.82 Å². The maximum Gasteiger partial charge on any atom is 0.159 e. The van der Waals surface area contributed by atoms with Crippen LogP contribution in [0.25, 0.3) is 10.8 Å². The van der Waals surface area contributed by atoms with E-state index in [0.29, 0.717) is 5.82 Å². The molecule has 1 aromatic carbocycles. The van der Waals surface area contributed by atoms with Crippen molar-refractivity contribution >= 4 is 45.6 Å². The number of carbonyl (C=O) groups is 1. The summed E-state index contributed by atoms with van der Waals surface area (Å²) in [6, 6.07) is 16.0. The molecular weight excluding hydrogens is 426 g/mol. The summed E-state index contributed by atoms with van der Waals surface area (Å²) < 4.78 is 6.25. The van der Waals surface area contributed by atoms with E-state index in [9.17, 15) is 4.79 Å². The van der Waals surface area contributed by atoms with Crippen molar-refractivity contribution in [1.82, 2.24) is 9.88 Å². The molecule has 0 saturated carbocycles. The molecule has 0 spiro atoms. The number of aldehydes is 1. The zero-order valence-electron chi connectivity index (χ0n) is 17.1. The van der Waals surface area contributed by atoms with Gasteiger partial charge in [0.2, 0.25) is 0 Å². The fourth-order valence-corrected chi connectivity index (χ4v) is 4.95. The Morgan fingerprint density at radius 2 is 2.03 bits per heavy atom. The van der Waals surface area contributed by atoms with Gasteiger partial charge in [-0.25, -0.2) is 4.98 Å². The highest BCUT2D eigenvalue weighted by molar-refractivity contribution is 7.11. The van der Waals surface area contributed by atoms with E-state index in [-0.39, 0.29) is 6.10 Å². The summed E-state index contributed by atoms with van der Waals surface area (Å²) in [4.78, 5) is 18.7. The second-order valence-corrected chi connectivity index (χ2v) is 9.42. The Morgan fingerprint density at radius 3 is 2.77 bits per heavy atom. The van der Waals surface area contributed by atoms with Crippen LogP contribution in [0.15, 0.2) is 65.5 Å². The molecule has 1 fully saturated rings. The highest BCUT2D eigenvalue weighted by atomic mass is 32.1. The smallest absolute Gasteiger partial charge is 0.159 e. The highest BCUT2D eigenvalue weighted by Gasteiger charge is 2.21. The van der Waals surface area contributed by atoms with Gasteiger partial charge in [-0.15, -0.1) is 22.7 Å². The minimum atomic E-state index is 0.246. The molecule has 1 atom stereocenters. The lowest BCUT2D eigenvalue weighted by molar-refractivity contribution is 0.0850. The molecule has 1 aliphatic heterocycles. The summed E-state index contributed by atoms with van der Waals surface area (Å²) in [6.45, 7) is 3.16. The molecule has 3 aromatic heterocycles. The van der Waals surface area contributed by atoms with Crippen LogP contribution in [0.1, 0.15) is 27.4 Å². The number of thiophene rings is 2. The molecule has 4 aromatic rings. The minimum absolute atomic E-state index is 0.246. The number of ether oxygens (including phenoxy) is 1. The van der Waals surface area contributed by atoms with Crippen LogP contribution >= 0.6 is 22.7 Å². The number of likely N-dealkylation sites (tertiary alicyclic amines) is 1. The lowest BCUT2D eigenvalue weighted by Crippen LogP contribution is -2.40. The summed E-state index contributed by atoms with van der Waals surface area (Å²) in [7, 11) is 0. The molecule has 0 aliphatic carbocycles. The summed E-state index contributed by atoms with van der Waals surface area (Å²) >= 11 is 3.28. The molecule has 7 heteroatoms. The summed E-state index contributed by atoms with van der Waals surface area (Å²) in [5.41, 5.74) is 5.92. The van der Waals surface area contributed by atoms with Crippen LogP contribution in [-0.4, -0.2) is 35.4 Å². The van der Waals surface area contributed by atoms with Crippen molar-refractivity contribution in [2.24, 2.45) is 0 Å². The number of benzene rings is 1. The zero-order chi connectivity index (χ0) is 21.5. The molecular formula is C24H25N3O2S2. The number of nitrogens with two attached hydrogens (primary N) is 1. The van der Waals surface area contributed by atoms with E-state index in [2.05, 4.69) is 33.5 Å². The number of aromatic nitrogens is 1. The normalized spacial score (nSPS) is 16.5. The van der Waals surface area contributed by atoms with Gasteiger partial charge in [-0.3, -0.25) is 9.69 Å². The van der Waals surface area contributed by atoms with Crippen molar-refractivity contribution in [3.05, 3.63) is 75.2 Å². The number of anilines is 1. The van der Waals surface area contributed by atoms with Gasteiger partial charge in [0.15, 0.2) is 6.29 Å². The fraction of sp³-hybridized carbons (Fsp3) is 0.250. The summed E-state index contributed by atoms with van der Waals surface area (Å²) in [6.07, 6.45) is 5.13. The number of fused-ring (bicyclic) bond motifs is 1. The van der Waals surface area contributed by atoms with E-state index >= 15 is 0 Å².